The van der Waals surface area contributed by atoms with Gasteiger partial charge in [-0.15, -0.1) is 0 Å². The molecule has 17 heavy (non-hydrogen) atoms. The van der Waals surface area contributed by atoms with Crippen molar-refractivity contribution < 1.29 is 14.1 Å². The molecule has 7 heteroatoms. The third kappa shape index (κ3) is 4.91. The molecule has 0 radical (unpaired) electrons. The topological polar surface area (TPSA) is 72.2 Å². The monoisotopic (exact) mass is 276 g/mol. The Balaban J connectivity index is 2.63. The summed E-state index contributed by atoms with van der Waals surface area (Å²) in [5.41, 5.74) is 0.847. The van der Waals surface area contributed by atoms with Crippen LogP contribution in [0.4, 0.5) is 0 Å². The van der Waals surface area contributed by atoms with E-state index in [1.54, 1.807) is 0 Å². The first-order valence-corrected chi connectivity index (χ1v) is 7.73. The summed E-state index contributed by atoms with van der Waals surface area (Å²) < 4.78 is 13.2. The number of aliphatic carboxylic acids is 1. The first-order chi connectivity index (χ1) is 8.02. The summed E-state index contributed by atoms with van der Waals surface area (Å²) >= 11 is 1.19. The predicted octanol–water partition coefficient (Wildman–Crippen LogP) is 1.14. The zero-order valence-electron chi connectivity index (χ0n) is 9.88. The first-order valence-electron chi connectivity index (χ1n) is 5.26. The van der Waals surface area contributed by atoms with Gasteiger partial charge in [0.2, 0.25) is 0 Å². The smallest absolute Gasteiger partial charge is 0.313 e. The van der Waals surface area contributed by atoms with Crippen molar-refractivity contribution in [2.75, 3.05) is 17.3 Å². The van der Waals surface area contributed by atoms with E-state index in [4.69, 9.17) is 5.11 Å². The molecule has 0 fully saturated rings. The molecule has 5 nitrogen and oxygen atoms in total. The van der Waals surface area contributed by atoms with Crippen molar-refractivity contribution in [3.8, 4) is 0 Å². The third-order valence-corrected chi connectivity index (χ3v) is 4.32. The van der Waals surface area contributed by atoms with E-state index in [1.807, 2.05) is 24.6 Å². The maximum absolute atomic E-state index is 11.3. The van der Waals surface area contributed by atoms with Crippen molar-refractivity contribution in [1.82, 2.24) is 9.55 Å². The van der Waals surface area contributed by atoms with Gasteiger partial charge in [-0.1, -0.05) is 18.7 Å². The number of hydrogen-bond donors (Lipinski definition) is 1. The molecule has 1 atom stereocenters. The Labute approximate surface area is 107 Å². The second-order valence-corrected chi connectivity index (χ2v) is 6.28. The van der Waals surface area contributed by atoms with Crippen LogP contribution in [0.15, 0.2) is 11.4 Å². The predicted molar refractivity (Wildman–Crippen MR) is 68.9 cm³/mol. The number of thioether (sulfide) groups is 1. The lowest BCUT2D eigenvalue weighted by molar-refractivity contribution is -0.133. The highest BCUT2D eigenvalue weighted by atomic mass is 32.2. The highest BCUT2D eigenvalue weighted by Gasteiger charge is 2.09. The van der Waals surface area contributed by atoms with Crippen molar-refractivity contribution in [3.63, 3.8) is 0 Å². The fourth-order valence-corrected chi connectivity index (χ4v) is 2.73. The molecule has 0 bridgehead atoms. The molecule has 0 aromatic carbocycles. The SMILES string of the molecule is CCS(=O)CCn1cc(C)nc1SCC(=O)O. The van der Waals surface area contributed by atoms with Crippen molar-refractivity contribution in [3.05, 3.63) is 11.9 Å². The normalized spacial score (nSPS) is 12.6. The van der Waals surface area contributed by atoms with Gasteiger partial charge in [0.25, 0.3) is 0 Å². The van der Waals surface area contributed by atoms with Gasteiger partial charge in [0.15, 0.2) is 5.16 Å². The fraction of sp³-hybridized carbons (Fsp3) is 0.600. The Morgan fingerprint density at radius 3 is 2.94 bits per heavy atom. The number of nitrogens with zero attached hydrogens (tertiary/aromatic N) is 2. The van der Waals surface area contributed by atoms with Crippen LogP contribution in [0.1, 0.15) is 12.6 Å². The summed E-state index contributed by atoms with van der Waals surface area (Å²) in [6.07, 6.45) is 1.86. The molecule has 96 valence electrons. The standard InChI is InChI=1S/C10H16N2O3S2/c1-3-17(15)5-4-12-6-8(2)11-10(12)16-7-9(13)14/h6H,3-5,7H2,1-2H3,(H,13,14). The molecule has 1 aromatic rings. The Morgan fingerprint density at radius 2 is 2.35 bits per heavy atom. The van der Waals surface area contributed by atoms with E-state index in [0.717, 1.165) is 5.69 Å². The number of carbonyl (C=O) groups is 1. The minimum Gasteiger partial charge on any atom is -0.481 e. The maximum Gasteiger partial charge on any atom is 0.313 e. The Bertz CT molecular complexity index is 418. The van der Waals surface area contributed by atoms with E-state index in [9.17, 15) is 9.00 Å². The second-order valence-electron chi connectivity index (χ2n) is 3.47. The van der Waals surface area contributed by atoms with Gasteiger partial charge in [-0.05, 0) is 6.92 Å². The van der Waals surface area contributed by atoms with Crippen molar-refractivity contribution >= 4 is 28.5 Å². The van der Waals surface area contributed by atoms with Crippen molar-refractivity contribution in [2.45, 2.75) is 25.5 Å². The maximum atomic E-state index is 11.3. The van der Waals surface area contributed by atoms with E-state index in [0.29, 0.717) is 23.2 Å². The van der Waals surface area contributed by atoms with Gasteiger partial charge in [-0.2, -0.15) is 0 Å². The number of rotatable bonds is 7. The largest absolute Gasteiger partial charge is 0.481 e. The van der Waals surface area contributed by atoms with Gasteiger partial charge in [0.1, 0.15) is 0 Å². The molecular weight excluding hydrogens is 260 g/mol. The second kappa shape index (κ2) is 6.80. The summed E-state index contributed by atoms with van der Waals surface area (Å²) in [6, 6.07) is 0. The number of imidazole rings is 1. The minimum absolute atomic E-state index is 0.00663. The van der Waals surface area contributed by atoms with Gasteiger partial charge in [-0.25, -0.2) is 4.98 Å². The molecule has 0 aliphatic carbocycles. The van der Waals surface area contributed by atoms with Crippen LogP contribution < -0.4 is 0 Å². The highest BCUT2D eigenvalue weighted by molar-refractivity contribution is 7.99. The first kappa shape index (κ1) is 14.2. The van der Waals surface area contributed by atoms with Crippen LogP contribution in [0.2, 0.25) is 0 Å². The van der Waals surface area contributed by atoms with E-state index in [1.165, 1.54) is 11.8 Å². The summed E-state index contributed by atoms with van der Waals surface area (Å²) in [4.78, 5) is 14.7. The molecule has 0 aliphatic rings. The van der Waals surface area contributed by atoms with Crippen LogP contribution in [-0.4, -0.2) is 42.1 Å². The molecule has 1 rings (SSSR count). The quantitative estimate of drug-likeness (QED) is 0.756. The molecule has 0 spiro atoms. The van der Waals surface area contributed by atoms with Crippen LogP contribution in [-0.2, 0) is 22.1 Å². The van der Waals surface area contributed by atoms with Crippen molar-refractivity contribution in [2.24, 2.45) is 0 Å². The van der Waals surface area contributed by atoms with E-state index in [-0.39, 0.29) is 5.75 Å². The zero-order chi connectivity index (χ0) is 12.8. The minimum atomic E-state index is -0.862. The average Bonchev–Trinajstić information content (AvgIpc) is 2.63. The molecule has 1 heterocycles. The lowest BCUT2D eigenvalue weighted by Gasteiger charge is -2.05. The molecule has 1 N–H and O–H groups in total. The van der Waals surface area contributed by atoms with E-state index in [2.05, 4.69) is 4.98 Å². The van der Waals surface area contributed by atoms with Gasteiger partial charge in [0.05, 0.1) is 11.4 Å². The average molecular weight is 276 g/mol. The summed E-state index contributed by atoms with van der Waals surface area (Å²) in [5.74, 6) is 0.352. The molecule has 1 aromatic heterocycles. The molecule has 1 unspecified atom stereocenters. The third-order valence-electron chi connectivity index (χ3n) is 2.07. The van der Waals surface area contributed by atoms with E-state index >= 15 is 0 Å². The Kier molecular flexibility index (Phi) is 5.70. The molecule has 0 amide bonds. The molecular formula is C10H16N2O3S2. The van der Waals surface area contributed by atoms with Gasteiger partial charge in [-0.3, -0.25) is 9.00 Å². The van der Waals surface area contributed by atoms with Crippen LogP contribution >= 0.6 is 11.8 Å². The molecule has 0 saturated carbocycles. The van der Waals surface area contributed by atoms with Crippen LogP contribution in [0.3, 0.4) is 0 Å². The Hall–Kier alpha value is -0.820. The van der Waals surface area contributed by atoms with Gasteiger partial charge < -0.3 is 9.67 Å². The Morgan fingerprint density at radius 1 is 1.65 bits per heavy atom. The lowest BCUT2D eigenvalue weighted by Crippen LogP contribution is -2.09. The van der Waals surface area contributed by atoms with E-state index < -0.39 is 16.8 Å². The highest BCUT2D eigenvalue weighted by Crippen LogP contribution is 2.17. The molecule has 0 saturated heterocycles. The molecule has 0 aliphatic heterocycles. The van der Waals surface area contributed by atoms with Gasteiger partial charge in [0, 0.05) is 35.0 Å². The summed E-state index contributed by atoms with van der Waals surface area (Å²) in [5, 5.41) is 9.30. The van der Waals surface area contributed by atoms with Gasteiger partial charge >= 0.3 is 5.97 Å². The van der Waals surface area contributed by atoms with Crippen LogP contribution in [0.25, 0.3) is 0 Å². The number of aromatic nitrogens is 2. The zero-order valence-corrected chi connectivity index (χ0v) is 11.5. The van der Waals surface area contributed by atoms with Crippen LogP contribution in [0, 0.1) is 6.92 Å². The van der Waals surface area contributed by atoms with Crippen molar-refractivity contribution in [1.29, 1.82) is 0 Å². The summed E-state index contributed by atoms with van der Waals surface area (Å²) in [7, 11) is -0.813. The van der Waals surface area contributed by atoms with Crippen LogP contribution in [0.5, 0.6) is 0 Å². The lowest BCUT2D eigenvalue weighted by atomic mass is 10.6. The number of carboxylic acids is 1. The fourth-order valence-electron chi connectivity index (χ4n) is 1.27. The summed E-state index contributed by atoms with van der Waals surface area (Å²) in [6.45, 7) is 4.36. The number of aryl methyl sites for hydroxylation is 2. The number of carboxylic acid groups (broad SMARTS) is 1. The number of hydrogen-bond acceptors (Lipinski definition) is 4.